The summed E-state index contributed by atoms with van der Waals surface area (Å²) in [5.41, 5.74) is 5.52. The molecule has 1 amide bonds. The summed E-state index contributed by atoms with van der Waals surface area (Å²) >= 11 is 0. The van der Waals surface area contributed by atoms with Gasteiger partial charge < -0.3 is 9.88 Å². The minimum absolute atomic E-state index is 0.0749. The van der Waals surface area contributed by atoms with Crippen LogP contribution in [0, 0.1) is 19.8 Å². The Morgan fingerprint density at radius 1 is 1.13 bits per heavy atom. The van der Waals surface area contributed by atoms with Gasteiger partial charge in [0.15, 0.2) is 0 Å². The summed E-state index contributed by atoms with van der Waals surface area (Å²) in [5.74, 6) is 1.34. The SMILES string of the molecule is Cc1ccc(NC(=O)C2CCN(Cc3nc4ccccc4n3C(C)C)CC2)c(C)c1. The van der Waals surface area contributed by atoms with Gasteiger partial charge in [0.25, 0.3) is 0 Å². The molecule has 1 saturated heterocycles. The third-order valence-corrected chi connectivity index (χ3v) is 6.15. The summed E-state index contributed by atoms with van der Waals surface area (Å²) in [6, 6.07) is 14.9. The lowest BCUT2D eigenvalue weighted by molar-refractivity contribution is -0.121. The van der Waals surface area contributed by atoms with Crippen LogP contribution in [-0.4, -0.2) is 33.4 Å². The summed E-state index contributed by atoms with van der Waals surface area (Å²) in [6.07, 6.45) is 1.78. The van der Waals surface area contributed by atoms with E-state index < -0.39 is 0 Å². The van der Waals surface area contributed by atoms with Crippen molar-refractivity contribution in [2.24, 2.45) is 5.92 Å². The molecule has 1 aliphatic heterocycles. The second kappa shape index (κ2) is 8.60. The Kier molecular flexibility index (Phi) is 5.91. The van der Waals surface area contributed by atoms with Crippen LogP contribution in [0.3, 0.4) is 0 Å². The molecule has 0 unspecified atom stereocenters. The first-order chi connectivity index (χ1) is 14.4. The molecule has 4 rings (SSSR count). The maximum absolute atomic E-state index is 12.8. The van der Waals surface area contributed by atoms with Crippen LogP contribution in [-0.2, 0) is 11.3 Å². The van der Waals surface area contributed by atoms with Crippen LogP contribution >= 0.6 is 0 Å². The smallest absolute Gasteiger partial charge is 0.227 e. The van der Waals surface area contributed by atoms with Gasteiger partial charge in [0.05, 0.1) is 17.6 Å². The van der Waals surface area contributed by atoms with Crippen LogP contribution in [0.4, 0.5) is 5.69 Å². The zero-order valence-corrected chi connectivity index (χ0v) is 18.5. The van der Waals surface area contributed by atoms with Crippen molar-refractivity contribution in [2.75, 3.05) is 18.4 Å². The predicted molar refractivity (Wildman–Crippen MR) is 123 cm³/mol. The number of para-hydroxylation sites is 2. The number of nitrogens with one attached hydrogen (secondary N) is 1. The summed E-state index contributed by atoms with van der Waals surface area (Å²) in [7, 11) is 0. The van der Waals surface area contributed by atoms with Crippen molar-refractivity contribution in [1.82, 2.24) is 14.5 Å². The molecule has 0 aliphatic carbocycles. The zero-order chi connectivity index (χ0) is 21.3. The number of aryl methyl sites for hydroxylation is 2. The van der Waals surface area contributed by atoms with Gasteiger partial charge in [-0.05, 0) is 77.4 Å². The average Bonchev–Trinajstić information content (AvgIpc) is 3.08. The summed E-state index contributed by atoms with van der Waals surface area (Å²) < 4.78 is 2.34. The highest BCUT2D eigenvalue weighted by Gasteiger charge is 2.26. The van der Waals surface area contributed by atoms with Gasteiger partial charge in [-0.25, -0.2) is 4.98 Å². The molecule has 5 nitrogen and oxygen atoms in total. The molecule has 30 heavy (non-hydrogen) atoms. The van der Waals surface area contributed by atoms with E-state index in [1.165, 1.54) is 11.1 Å². The number of rotatable bonds is 5. The second-order valence-electron chi connectivity index (χ2n) is 8.84. The van der Waals surface area contributed by atoms with E-state index in [9.17, 15) is 4.79 Å². The van der Waals surface area contributed by atoms with E-state index >= 15 is 0 Å². The molecule has 158 valence electrons. The molecule has 1 fully saturated rings. The Bertz CT molecular complexity index is 1040. The van der Waals surface area contributed by atoms with E-state index in [4.69, 9.17) is 4.98 Å². The number of benzene rings is 2. The topological polar surface area (TPSA) is 50.2 Å². The highest BCUT2D eigenvalue weighted by Crippen LogP contribution is 2.25. The van der Waals surface area contributed by atoms with E-state index in [0.29, 0.717) is 6.04 Å². The maximum Gasteiger partial charge on any atom is 0.227 e. The molecule has 2 aromatic carbocycles. The minimum atomic E-state index is 0.0749. The van der Waals surface area contributed by atoms with Crippen molar-refractivity contribution < 1.29 is 4.79 Å². The molecular formula is C25H32N4O. The number of aromatic nitrogens is 2. The lowest BCUT2D eigenvalue weighted by Gasteiger charge is -2.31. The molecule has 1 aromatic heterocycles. The fourth-order valence-corrected chi connectivity index (χ4v) is 4.52. The van der Waals surface area contributed by atoms with Gasteiger partial charge >= 0.3 is 0 Å². The number of nitrogens with zero attached hydrogens (tertiary/aromatic N) is 3. The summed E-state index contributed by atoms with van der Waals surface area (Å²) in [6.45, 7) is 11.2. The summed E-state index contributed by atoms with van der Waals surface area (Å²) in [4.78, 5) is 20.1. The molecule has 0 atom stereocenters. The van der Waals surface area contributed by atoms with Gasteiger partial charge in [-0.2, -0.15) is 0 Å². The van der Waals surface area contributed by atoms with Crippen LogP contribution in [0.5, 0.6) is 0 Å². The number of likely N-dealkylation sites (tertiary alicyclic amines) is 1. The molecule has 5 heteroatoms. The van der Waals surface area contributed by atoms with Crippen molar-refractivity contribution in [3.8, 4) is 0 Å². The van der Waals surface area contributed by atoms with E-state index in [-0.39, 0.29) is 11.8 Å². The normalized spacial score (nSPS) is 15.8. The molecule has 1 aliphatic rings. The first-order valence-corrected chi connectivity index (χ1v) is 11.0. The number of hydrogen-bond acceptors (Lipinski definition) is 3. The highest BCUT2D eigenvalue weighted by atomic mass is 16.1. The number of carbonyl (C=O) groups excluding carboxylic acids is 1. The Balaban J connectivity index is 1.39. The number of anilines is 1. The highest BCUT2D eigenvalue weighted by molar-refractivity contribution is 5.93. The molecule has 0 spiro atoms. The van der Waals surface area contributed by atoms with Crippen molar-refractivity contribution in [1.29, 1.82) is 0 Å². The van der Waals surface area contributed by atoms with Gasteiger partial charge in [0.1, 0.15) is 5.82 Å². The number of amides is 1. The number of hydrogen-bond donors (Lipinski definition) is 1. The van der Waals surface area contributed by atoms with Crippen molar-refractivity contribution in [3.63, 3.8) is 0 Å². The molecular weight excluding hydrogens is 372 g/mol. The number of carbonyl (C=O) groups is 1. The number of imidazole rings is 1. The lowest BCUT2D eigenvalue weighted by atomic mass is 9.95. The molecule has 0 bridgehead atoms. The van der Waals surface area contributed by atoms with Crippen molar-refractivity contribution in [2.45, 2.75) is 53.1 Å². The van der Waals surface area contributed by atoms with Gasteiger partial charge in [-0.1, -0.05) is 29.8 Å². The van der Waals surface area contributed by atoms with E-state index in [1.54, 1.807) is 0 Å². The van der Waals surface area contributed by atoms with Crippen molar-refractivity contribution >= 4 is 22.6 Å². The summed E-state index contributed by atoms with van der Waals surface area (Å²) in [5, 5.41) is 3.14. The fraction of sp³-hybridized carbons (Fsp3) is 0.440. The van der Waals surface area contributed by atoms with Crippen LogP contribution in [0.1, 0.15) is 49.7 Å². The van der Waals surface area contributed by atoms with E-state index in [2.05, 4.69) is 59.8 Å². The van der Waals surface area contributed by atoms with Crippen LogP contribution in [0.2, 0.25) is 0 Å². The quantitative estimate of drug-likeness (QED) is 0.645. The largest absolute Gasteiger partial charge is 0.326 e. The number of piperidine rings is 1. The van der Waals surface area contributed by atoms with Crippen LogP contribution < -0.4 is 5.32 Å². The third kappa shape index (κ3) is 4.26. The Morgan fingerprint density at radius 2 is 1.87 bits per heavy atom. The molecule has 0 radical (unpaired) electrons. The lowest BCUT2D eigenvalue weighted by Crippen LogP contribution is -2.38. The third-order valence-electron chi connectivity index (χ3n) is 6.15. The van der Waals surface area contributed by atoms with Gasteiger partial charge in [-0.3, -0.25) is 9.69 Å². The van der Waals surface area contributed by atoms with Crippen LogP contribution in [0.15, 0.2) is 42.5 Å². The van der Waals surface area contributed by atoms with Crippen LogP contribution in [0.25, 0.3) is 11.0 Å². The molecule has 0 saturated carbocycles. The monoisotopic (exact) mass is 404 g/mol. The predicted octanol–water partition coefficient (Wildman–Crippen LogP) is 5.08. The van der Waals surface area contributed by atoms with Crippen molar-refractivity contribution in [3.05, 3.63) is 59.4 Å². The molecule has 1 N–H and O–H groups in total. The van der Waals surface area contributed by atoms with E-state index in [1.807, 2.05) is 25.1 Å². The maximum atomic E-state index is 12.8. The van der Waals surface area contributed by atoms with E-state index in [0.717, 1.165) is 55.1 Å². The molecule has 2 heterocycles. The first kappa shape index (κ1) is 20.6. The fourth-order valence-electron chi connectivity index (χ4n) is 4.52. The Labute approximate surface area is 179 Å². The average molecular weight is 405 g/mol. The number of fused-ring (bicyclic) bond motifs is 1. The zero-order valence-electron chi connectivity index (χ0n) is 18.5. The van der Waals surface area contributed by atoms with Gasteiger partial charge in [0, 0.05) is 17.6 Å². The van der Waals surface area contributed by atoms with Gasteiger partial charge in [0.2, 0.25) is 5.91 Å². The Hall–Kier alpha value is -2.66. The molecule has 3 aromatic rings. The second-order valence-corrected chi connectivity index (χ2v) is 8.84. The standard InChI is InChI=1S/C25H32N4O/c1-17(2)29-23-8-6-5-7-22(23)26-24(29)16-28-13-11-20(12-14-28)25(30)27-21-10-9-18(3)15-19(21)4/h5-10,15,17,20H,11-14,16H2,1-4H3,(H,27,30). The van der Waals surface area contributed by atoms with Gasteiger partial charge in [-0.15, -0.1) is 0 Å². The first-order valence-electron chi connectivity index (χ1n) is 11.0. The Morgan fingerprint density at radius 3 is 2.57 bits per heavy atom. The minimum Gasteiger partial charge on any atom is -0.326 e.